The highest BCUT2D eigenvalue weighted by Crippen LogP contribution is 2.44. The molecule has 1 aliphatic carbocycles. The highest BCUT2D eigenvalue weighted by molar-refractivity contribution is 7.17. The van der Waals surface area contributed by atoms with Crippen LogP contribution in [-0.4, -0.2) is 10.8 Å². The molecule has 29 heavy (non-hydrogen) atoms. The van der Waals surface area contributed by atoms with Crippen molar-refractivity contribution in [3.8, 4) is 0 Å². The van der Waals surface area contributed by atoms with Crippen molar-refractivity contribution in [1.82, 2.24) is 4.98 Å². The summed E-state index contributed by atoms with van der Waals surface area (Å²) < 4.78 is 51.9. The normalized spacial score (nSPS) is 15.6. The first-order valence-electron chi connectivity index (χ1n) is 8.99. The summed E-state index contributed by atoms with van der Waals surface area (Å²) >= 11 is 1.10. The topological polar surface area (TPSA) is 42.0 Å². The molecule has 4 rings (SSSR count). The van der Waals surface area contributed by atoms with Crippen LogP contribution in [0.4, 0.5) is 22.7 Å². The van der Waals surface area contributed by atoms with Gasteiger partial charge < -0.3 is 5.32 Å². The third-order valence-electron chi connectivity index (χ3n) is 5.13. The first-order chi connectivity index (χ1) is 13.8. The minimum Gasteiger partial charge on any atom is -0.352 e. The van der Waals surface area contributed by atoms with E-state index in [1.807, 2.05) is 0 Å². The van der Waals surface area contributed by atoms with E-state index in [2.05, 4.69) is 10.3 Å². The second-order valence-corrected chi connectivity index (χ2v) is 8.04. The molecule has 0 aliphatic heterocycles. The van der Waals surface area contributed by atoms with E-state index in [0.29, 0.717) is 5.13 Å². The van der Waals surface area contributed by atoms with Crippen LogP contribution in [0.15, 0.2) is 54.7 Å². The number of anilines is 1. The van der Waals surface area contributed by atoms with Crippen molar-refractivity contribution in [2.24, 2.45) is 0 Å². The van der Waals surface area contributed by atoms with E-state index >= 15 is 0 Å². The van der Waals surface area contributed by atoms with Crippen molar-refractivity contribution < 1.29 is 22.4 Å². The predicted molar refractivity (Wildman–Crippen MR) is 103 cm³/mol. The Labute approximate surface area is 168 Å². The van der Waals surface area contributed by atoms with Crippen LogP contribution in [-0.2, 0) is 11.7 Å². The van der Waals surface area contributed by atoms with Gasteiger partial charge >= 0.3 is 6.18 Å². The molecule has 0 spiro atoms. The largest absolute Gasteiger partial charge is 0.416 e. The Hall–Kier alpha value is -2.74. The van der Waals surface area contributed by atoms with Crippen LogP contribution >= 0.6 is 11.3 Å². The fourth-order valence-corrected chi connectivity index (χ4v) is 4.28. The first kappa shape index (κ1) is 19.6. The molecule has 0 radical (unpaired) electrons. The van der Waals surface area contributed by atoms with Gasteiger partial charge in [-0.2, -0.15) is 13.2 Å². The van der Waals surface area contributed by atoms with Crippen molar-refractivity contribution in [2.75, 3.05) is 5.32 Å². The molecule has 1 fully saturated rings. The molecule has 0 amide bonds. The summed E-state index contributed by atoms with van der Waals surface area (Å²) in [5.74, 6) is -0.822. The number of hydrogen-bond acceptors (Lipinski definition) is 4. The standard InChI is InChI=1S/C21H16F4N2OS/c22-16-7-5-14(6-8-16)20(9-2-10-20)27-19-26-12-17(29-19)18(28)13-3-1-4-15(11-13)21(23,24)25/h1,3-8,11-12H,2,9-10H2,(H,26,27). The summed E-state index contributed by atoms with van der Waals surface area (Å²) in [4.78, 5) is 17.1. The van der Waals surface area contributed by atoms with Gasteiger partial charge in [0.05, 0.1) is 22.2 Å². The lowest BCUT2D eigenvalue weighted by Crippen LogP contribution is -2.42. The molecule has 8 heteroatoms. The van der Waals surface area contributed by atoms with Gasteiger partial charge in [-0.3, -0.25) is 4.79 Å². The zero-order valence-corrected chi connectivity index (χ0v) is 15.9. The van der Waals surface area contributed by atoms with E-state index < -0.39 is 17.5 Å². The molecule has 1 saturated carbocycles. The molecule has 0 atom stereocenters. The Bertz CT molecular complexity index is 1040. The molecule has 0 unspecified atom stereocenters. The molecule has 1 aromatic heterocycles. The summed E-state index contributed by atoms with van der Waals surface area (Å²) in [6.45, 7) is 0. The molecule has 3 aromatic rings. The average molecular weight is 420 g/mol. The second kappa shape index (κ2) is 7.26. The minimum absolute atomic E-state index is 0.0353. The third-order valence-corrected chi connectivity index (χ3v) is 6.04. The van der Waals surface area contributed by atoms with Crippen LogP contribution in [0.3, 0.4) is 0 Å². The van der Waals surface area contributed by atoms with Gasteiger partial charge in [-0.1, -0.05) is 35.6 Å². The molecule has 0 bridgehead atoms. The molecule has 1 N–H and O–H groups in total. The van der Waals surface area contributed by atoms with Crippen molar-refractivity contribution in [3.05, 3.63) is 82.1 Å². The minimum atomic E-state index is -4.51. The number of ketones is 1. The summed E-state index contributed by atoms with van der Waals surface area (Å²) in [6, 6.07) is 10.6. The predicted octanol–water partition coefficient (Wildman–Crippen LogP) is 6.02. The third kappa shape index (κ3) is 3.89. The van der Waals surface area contributed by atoms with Crippen molar-refractivity contribution in [1.29, 1.82) is 0 Å². The number of aromatic nitrogens is 1. The highest BCUT2D eigenvalue weighted by Gasteiger charge is 2.39. The highest BCUT2D eigenvalue weighted by atomic mass is 32.1. The number of nitrogens with zero attached hydrogens (tertiary/aromatic N) is 1. The van der Waals surface area contributed by atoms with Crippen molar-refractivity contribution in [2.45, 2.75) is 31.0 Å². The average Bonchev–Trinajstić information content (AvgIpc) is 3.13. The number of hydrogen-bond donors (Lipinski definition) is 1. The number of alkyl halides is 3. The molecule has 1 heterocycles. The molecule has 3 nitrogen and oxygen atoms in total. The van der Waals surface area contributed by atoms with Crippen LogP contribution in [0.2, 0.25) is 0 Å². The maximum atomic E-state index is 13.2. The zero-order chi connectivity index (χ0) is 20.6. The van der Waals surface area contributed by atoms with Gasteiger partial charge in [0.15, 0.2) is 5.13 Å². The Morgan fingerprint density at radius 3 is 2.45 bits per heavy atom. The van der Waals surface area contributed by atoms with Gasteiger partial charge in [-0.05, 0) is 49.1 Å². The summed E-state index contributed by atoms with van der Waals surface area (Å²) in [6.07, 6.45) is -0.453. The fraction of sp³-hybridized carbons (Fsp3) is 0.238. The molecule has 0 saturated heterocycles. The zero-order valence-electron chi connectivity index (χ0n) is 15.1. The van der Waals surface area contributed by atoms with Gasteiger partial charge in [-0.25, -0.2) is 9.37 Å². The number of thiazole rings is 1. The van der Waals surface area contributed by atoms with Crippen molar-refractivity contribution >= 4 is 22.3 Å². The Balaban J connectivity index is 1.55. The Morgan fingerprint density at radius 1 is 1.10 bits per heavy atom. The van der Waals surface area contributed by atoms with Crippen LogP contribution < -0.4 is 5.32 Å². The van der Waals surface area contributed by atoms with Gasteiger partial charge in [0.1, 0.15) is 5.82 Å². The Morgan fingerprint density at radius 2 is 1.83 bits per heavy atom. The molecular weight excluding hydrogens is 404 g/mol. The molecule has 2 aromatic carbocycles. The van der Waals surface area contributed by atoms with Crippen LogP contribution in [0.5, 0.6) is 0 Å². The lowest BCUT2D eigenvalue weighted by atomic mass is 9.72. The fourth-order valence-electron chi connectivity index (χ4n) is 3.41. The lowest BCUT2D eigenvalue weighted by Gasteiger charge is -2.43. The van der Waals surface area contributed by atoms with E-state index in [0.717, 1.165) is 48.3 Å². The van der Waals surface area contributed by atoms with E-state index in [1.165, 1.54) is 30.5 Å². The van der Waals surface area contributed by atoms with Crippen LogP contribution in [0, 0.1) is 5.82 Å². The van der Waals surface area contributed by atoms with E-state index in [-0.39, 0.29) is 21.8 Å². The second-order valence-electron chi connectivity index (χ2n) is 7.00. The van der Waals surface area contributed by atoms with E-state index in [1.54, 1.807) is 12.1 Å². The molecule has 1 aliphatic rings. The number of benzene rings is 2. The van der Waals surface area contributed by atoms with Crippen LogP contribution in [0.1, 0.15) is 45.6 Å². The summed E-state index contributed by atoms with van der Waals surface area (Å²) in [5.41, 5.74) is -0.337. The number of nitrogens with one attached hydrogen (secondary N) is 1. The number of halogens is 4. The maximum absolute atomic E-state index is 13.2. The van der Waals surface area contributed by atoms with Crippen LogP contribution in [0.25, 0.3) is 0 Å². The summed E-state index contributed by atoms with van der Waals surface area (Å²) in [7, 11) is 0. The monoisotopic (exact) mass is 420 g/mol. The quantitative estimate of drug-likeness (QED) is 0.405. The van der Waals surface area contributed by atoms with Gasteiger partial charge in [-0.15, -0.1) is 0 Å². The van der Waals surface area contributed by atoms with Gasteiger partial charge in [0.2, 0.25) is 5.78 Å². The van der Waals surface area contributed by atoms with E-state index in [4.69, 9.17) is 0 Å². The molecule has 150 valence electrons. The number of carbonyl (C=O) groups excluding carboxylic acids is 1. The SMILES string of the molecule is O=C(c1cccc(C(F)(F)F)c1)c1cnc(NC2(c3ccc(F)cc3)CCC2)s1. The molecular formula is C21H16F4N2OS. The van der Waals surface area contributed by atoms with Gasteiger partial charge in [0.25, 0.3) is 0 Å². The Kier molecular flexibility index (Phi) is 4.90. The first-order valence-corrected chi connectivity index (χ1v) is 9.81. The lowest BCUT2D eigenvalue weighted by molar-refractivity contribution is -0.137. The number of rotatable bonds is 5. The maximum Gasteiger partial charge on any atom is 0.416 e. The van der Waals surface area contributed by atoms with Gasteiger partial charge in [0, 0.05) is 5.56 Å². The summed E-state index contributed by atoms with van der Waals surface area (Å²) in [5, 5.41) is 3.85. The van der Waals surface area contributed by atoms with Crippen molar-refractivity contribution in [3.63, 3.8) is 0 Å². The number of carbonyl (C=O) groups is 1. The van der Waals surface area contributed by atoms with E-state index in [9.17, 15) is 22.4 Å². The smallest absolute Gasteiger partial charge is 0.352 e.